The van der Waals surface area contributed by atoms with Crippen LogP contribution in [0, 0.1) is 6.92 Å². The molecule has 0 amide bonds. The van der Waals surface area contributed by atoms with E-state index >= 15 is 0 Å². The molecule has 1 aromatic carbocycles. The predicted molar refractivity (Wildman–Crippen MR) is 80.4 cm³/mol. The molecule has 1 atom stereocenters. The number of unbranched alkanes of at least 4 members (excludes halogenated alkanes) is 2. The number of hydrazine groups is 2. The molecule has 0 spiro atoms. The third-order valence-electron chi connectivity index (χ3n) is 3.47. The molecule has 0 aliphatic carbocycles. The summed E-state index contributed by atoms with van der Waals surface area (Å²) in [6.45, 7) is 6.42. The second-order valence-corrected chi connectivity index (χ2v) is 5.23. The predicted octanol–water partition coefficient (Wildman–Crippen LogP) is 3.11. The molecule has 1 aliphatic rings. The molecule has 2 N–H and O–H groups in total. The van der Waals surface area contributed by atoms with E-state index in [9.17, 15) is 0 Å². The molecule has 0 fully saturated rings. The highest BCUT2D eigenvalue weighted by Crippen LogP contribution is 2.16. The van der Waals surface area contributed by atoms with Crippen molar-refractivity contribution in [3.63, 3.8) is 0 Å². The molecule has 1 aromatic rings. The summed E-state index contributed by atoms with van der Waals surface area (Å²) in [5, 5.41) is 2.24. The summed E-state index contributed by atoms with van der Waals surface area (Å²) in [6.07, 6.45) is 8.29. The Hall–Kier alpha value is -1.16. The van der Waals surface area contributed by atoms with E-state index < -0.39 is 0 Å². The minimum Gasteiger partial charge on any atom is -0.233 e. The second kappa shape index (κ2) is 7.43. The highest BCUT2D eigenvalue weighted by atomic mass is 15.7. The first-order valence-electron chi connectivity index (χ1n) is 7.29. The van der Waals surface area contributed by atoms with Gasteiger partial charge in [0.1, 0.15) is 0 Å². The van der Waals surface area contributed by atoms with Crippen molar-refractivity contribution in [2.45, 2.75) is 39.2 Å². The molecule has 3 heteroatoms. The molecule has 0 radical (unpaired) electrons. The van der Waals surface area contributed by atoms with E-state index in [2.05, 4.69) is 66.2 Å². The third kappa shape index (κ3) is 4.46. The summed E-state index contributed by atoms with van der Waals surface area (Å²) in [6, 6.07) is 8.90. The zero-order valence-corrected chi connectivity index (χ0v) is 12.0. The summed E-state index contributed by atoms with van der Waals surface area (Å²) in [5.41, 5.74) is 9.33. The summed E-state index contributed by atoms with van der Waals surface area (Å²) in [7, 11) is 0. The van der Waals surface area contributed by atoms with Crippen LogP contribution in [0.4, 0.5) is 0 Å². The zero-order valence-electron chi connectivity index (χ0n) is 12.0. The minimum atomic E-state index is 0.246. The normalized spacial score (nSPS) is 20.4. The molecular formula is C16H25N3. The van der Waals surface area contributed by atoms with Crippen molar-refractivity contribution in [3.05, 3.63) is 47.5 Å². The molecule has 0 saturated carbocycles. The van der Waals surface area contributed by atoms with E-state index in [0.29, 0.717) is 0 Å². The highest BCUT2D eigenvalue weighted by Gasteiger charge is 2.12. The van der Waals surface area contributed by atoms with E-state index in [4.69, 9.17) is 0 Å². The Labute approximate surface area is 116 Å². The number of rotatable bonds is 5. The standard InChI is InChI=1S/C16H25N3/c1-3-4-5-11-19-12-7-10-16(17-18-19)15-9-6-8-14(2)13-15/h6-10,13,16-18H,3-5,11-12H2,1-2H3. The smallest absolute Gasteiger partial charge is 0.0657 e. The number of benzene rings is 1. The Morgan fingerprint density at radius 1 is 1.32 bits per heavy atom. The quantitative estimate of drug-likeness (QED) is 0.628. The maximum atomic E-state index is 3.39. The van der Waals surface area contributed by atoms with Crippen LogP contribution in [-0.4, -0.2) is 18.1 Å². The van der Waals surface area contributed by atoms with Crippen LogP contribution in [0.2, 0.25) is 0 Å². The van der Waals surface area contributed by atoms with Crippen LogP contribution < -0.4 is 11.0 Å². The number of hydrogen-bond donors (Lipinski definition) is 2. The van der Waals surface area contributed by atoms with E-state index in [1.54, 1.807) is 0 Å². The Kier molecular flexibility index (Phi) is 5.58. The molecular weight excluding hydrogens is 234 g/mol. The van der Waals surface area contributed by atoms with Gasteiger partial charge in [0.2, 0.25) is 0 Å². The fourth-order valence-corrected chi connectivity index (χ4v) is 2.34. The van der Waals surface area contributed by atoms with Gasteiger partial charge in [-0.3, -0.25) is 0 Å². The molecule has 2 rings (SSSR count). The first-order chi connectivity index (χ1) is 9.29. The molecule has 19 heavy (non-hydrogen) atoms. The summed E-state index contributed by atoms with van der Waals surface area (Å²) in [4.78, 5) is 0. The Morgan fingerprint density at radius 3 is 3.00 bits per heavy atom. The SMILES string of the molecule is CCCCCN1CC=CC(c2cccc(C)c2)NN1. The summed E-state index contributed by atoms with van der Waals surface area (Å²) in [5.74, 6) is 0. The number of hydrogen-bond acceptors (Lipinski definition) is 3. The van der Waals surface area contributed by atoms with E-state index in [-0.39, 0.29) is 6.04 Å². The fourth-order valence-electron chi connectivity index (χ4n) is 2.34. The van der Waals surface area contributed by atoms with E-state index in [1.807, 2.05) is 0 Å². The van der Waals surface area contributed by atoms with Gasteiger partial charge in [-0.25, -0.2) is 10.4 Å². The van der Waals surface area contributed by atoms with Crippen LogP contribution in [0.5, 0.6) is 0 Å². The van der Waals surface area contributed by atoms with Gasteiger partial charge in [-0.1, -0.05) is 61.7 Å². The molecule has 0 bridgehead atoms. The van der Waals surface area contributed by atoms with Crippen molar-refractivity contribution >= 4 is 0 Å². The third-order valence-corrected chi connectivity index (χ3v) is 3.47. The molecule has 3 nitrogen and oxygen atoms in total. The minimum absolute atomic E-state index is 0.246. The van der Waals surface area contributed by atoms with Gasteiger partial charge in [0.25, 0.3) is 0 Å². The molecule has 0 saturated heterocycles. The van der Waals surface area contributed by atoms with Gasteiger partial charge >= 0.3 is 0 Å². The Morgan fingerprint density at radius 2 is 2.21 bits per heavy atom. The van der Waals surface area contributed by atoms with Gasteiger partial charge < -0.3 is 0 Å². The maximum Gasteiger partial charge on any atom is 0.0657 e. The number of nitrogens with zero attached hydrogens (tertiary/aromatic N) is 1. The van der Waals surface area contributed by atoms with E-state index in [0.717, 1.165) is 13.1 Å². The van der Waals surface area contributed by atoms with Crippen molar-refractivity contribution in [2.24, 2.45) is 0 Å². The van der Waals surface area contributed by atoms with Crippen molar-refractivity contribution in [2.75, 3.05) is 13.1 Å². The average Bonchev–Trinajstić information content (AvgIpc) is 2.65. The lowest BCUT2D eigenvalue weighted by Crippen LogP contribution is -2.47. The highest BCUT2D eigenvalue weighted by molar-refractivity contribution is 5.28. The van der Waals surface area contributed by atoms with Gasteiger partial charge in [-0.05, 0) is 18.9 Å². The van der Waals surface area contributed by atoms with Crippen LogP contribution in [-0.2, 0) is 0 Å². The molecule has 104 valence electrons. The van der Waals surface area contributed by atoms with Gasteiger partial charge in [0.05, 0.1) is 6.04 Å². The van der Waals surface area contributed by atoms with Crippen LogP contribution in [0.1, 0.15) is 43.4 Å². The van der Waals surface area contributed by atoms with Crippen molar-refractivity contribution in [3.8, 4) is 0 Å². The van der Waals surface area contributed by atoms with Crippen molar-refractivity contribution in [1.29, 1.82) is 0 Å². The second-order valence-electron chi connectivity index (χ2n) is 5.23. The zero-order chi connectivity index (χ0) is 13.5. The van der Waals surface area contributed by atoms with Crippen LogP contribution in [0.15, 0.2) is 36.4 Å². The molecule has 1 heterocycles. The van der Waals surface area contributed by atoms with E-state index in [1.165, 1.54) is 30.4 Å². The molecule has 1 aliphatic heterocycles. The number of nitrogens with one attached hydrogen (secondary N) is 2. The maximum absolute atomic E-state index is 3.39. The Bertz CT molecular complexity index is 414. The first kappa shape index (κ1) is 14.3. The summed E-state index contributed by atoms with van der Waals surface area (Å²) < 4.78 is 0. The Balaban J connectivity index is 1.90. The first-order valence-corrected chi connectivity index (χ1v) is 7.29. The largest absolute Gasteiger partial charge is 0.233 e. The lowest BCUT2D eigenvalue weighted by atomic mass is 10.0. The van der Waals surface area contributed by atoms with Crippen molar-refractivity contribution in [1.82, 2.24) is 16.0 Å². The van der Waals surface area contributed by atoms with Gasteiger partial charge in [-0.15, -0.1) is 0 Å². The fraction of sp³-hybridized carbons (Fsp3) is 0.500. The number of aryl methyl sites for hydroxylation is 1. The average molecular weight is 259 g/mol. The lowest BCUT2D eigenvalue weighted by Gasteiger charge is -2.22. The van der Waals surface area contributed by atoms with Crippen molar-refractivity contribution < 1.29 is 0 Å². The van der Waals surface area contributed by atoms with Crippen LogP contribution in [0.25, 0.3) is 0 Å². The topological polar surface area (TPSA) is 27.3 Å². The van der Waals surface area contributed by atoms with Gasteiger partial charge in [0, 0.05) is 13.1 Å². The van der Waals surface area contributed by atoms with Crippen LogP contribution in [0.3, 0.4) is 0 Å². The summed E-state index contributed by atoms with van der Waals surface area (Å²) >= 11 is 0. The monoisotopic (exact) mass is 259 g/mol. The molecule has 0 aromatic heterocycles. The lowest BCUT2D eigenvalue weighted by molar-refractivity contribution is 0.165. The molecule has 1 unspecified atom stereocenters. The van der Waals surface area contributed by atoms with Gasteiger partial charge in [0.15, 0.2) is 0 Å². The van der Waals surface area contributed by atoms with Gasteiger partial charge in [-0.2, -0.15) is 5.53 Å². The van der Waals surface area contributed by atoms with Crippen LogP contribution >= 0.6 is 0 Å².